The third-order valence-electron chi connectivity index (χ3n) is 2.66. The number of aromatic nitrogens is 2. The summed E-state index contributed by atoms with van der Waals surface area (Å²) in [5.41, 5.74) is 1.08. The van der Waals surface area contributed by atoms with Gasteiger partial charge in [-0.15, -0.1) is 12.3 Å². The summed E-state index contributed by atoms with van der Waals surface area (Å²) >= 11 is 0. The highest BCUT2D eigenvalue weighted by Gasteiger charge is 2.13. The van der Waals surface area contributed by atoms with Crippen LogP contribution < -0.4 is 5.56 Å². The van der Waals surface area contributed by atoms with Gasteiger partial charge in [0.1, 0.15) is 5.56 Å². The second kappa shape index (κ2) is 5.19. The van der Waals surface area contributed by atoms with E-state index in [1.807, 2.05) is 18.2 Å². The maximum absolute atomic E-state index is 12.0. The Labute approximate surface area is 104 Å². The SMILES string of the molecule is C#CCCc1[nH]n(-c2ccccc2)c(=O)c1C=O. The Balaban J connectivity index is 2.51. The van der Waals surface area contributed by atoms with E-state index in [1.54, 1.807) is 12.1 Å². The van der Waals surface area contributed by atoms with Gasteiger partial charge in [-0.3, -0.25) is 14.7 Å². The van der Waals surface area contributed by atoms with Crippen molar-refractivity contribution in [1.82, 2.24) is 9.78 Å². The lowest BCUT2D eigenvalue weighted by molar-refractivity contribution is 0.112. The molecule has 18 heavy (non-hydrogen) atoms. The Morgan fingerprint density at radius 2 is 2.06 bits per heavy atom. The Morgan fingerprint density at radius 1 is 1.33 bits per heavy atom. The van der Waals surface area contributed by atoms with Crippen LogP contribution in [0.4, 0.5) is 0 Å². The molecule has 0 unspecified atom stereocenters. The van der Waals surface area contributed by atoms with Crippen LogP contribution >= 0.6 is 0 Å². The largest absolute Gasteiger partial charge is 0.298 e. The molecule has 4 nitrogen and oxygen atoms in total. The van der Waals surface area contributed by atoms with E-state index in [-0.39, 0.29) is 11.1 Å². The molecule has 90 valence electrons. The fraction of sp³-hybridized carbons (Fsp3) is 0.143. The summed E-state index contributed by atoms with van der Waals surface area (Å²) in [6.45, 7) is 0. The Morgan fingerprint density at radius 3 is 2.67 bits per heavy atom. The third-order valence-corrected chi connectivity index (χ3v) is 2.66. The molecule has 2 aromatic rings. The first kappa shape index (κ1) is 11.9. The normalized spacial score (nSPS) is 9.94. The van der Waals surface area contributed by atoms with E-state index in [9.17, 15) is 9.59 Å². The number of hydrogen-bond acceptors (Lipinski definition) is 2. The zero-order valence-corrected chi connectivity index (χ0v) is 9.72. The topological polar surface area (TPSA) is 54.9 Å². The first-order chi connectivity index (χ1) is 8.77. The lowest BCUT2D eigenvalue weighted by Crippen LogP contribution is -2.16. The zero-order valence-electron chi connectivity index (χ0n) is 9.72. The van der Waals surface area contributed by atoms with Crippen LogP contribution in [0, 0.1) is 12.3 Å². The van der Waals surface area contributed by atoms with Gasteiger partial charge in [-0.05, 0) is 12.1 Å². The van der Waals surface area contributed by atoms with Crippen LogP contribution in [0.1, 0.15) is 22.5 Å². The van der Waals surface area contributed by atoms with E-state index in [0.29, 0.717) is 30.5 Å². The molecule has 0 amide bonds. The van der Waals surface area contributed by atoms with Gasteiger partial charge in [0.05, 0.1) is 5.69 Å². The Kier molecular flexibility index (Phi) is 3.44. The molecule has 1 aromatic carbocycles. The fourth-order valence-corrected chi connectivity index (χ4v) is 1.76. The van der Waals surface area contributed by atoms with Crippen molar-refractivity contribution in [3.63, 3.8) is 0 Å². The molecule has 0 aliphatic carbocycles. The molecule has 0 saturated carbocycles. The van der Waals surface area contributed by atoms with E-state index in [0.717, 1.165) is 0 Å². The van der Waals surface area contributed by atoms with E-state index in [2.05, 4.69) is 11.0 Å². The minimum absolute atomic E-state index is 0.147. The second-order valence-corrected chi connectivity index (χ2v) is 3.80. The number of hydrogen-bond donors (Lipinski definition) is 1. The van der Waals surface area contributed by atoms with Crippen molar-refractivity contribution in [1.29, 1.82) is 0 Å². The lowest BCUT2D eigenvalue weighted by atomic mass is 10.2. The van der Waals surface area contributed by atoms with Crippen molar-refractivity contribution in [3.8, 4) is 18.0 Å². The number of rotatable bonds is 4. The van der Waals surface area contributed by atoms with Crippen LogP contribution in [0.2, 0.25) is 0 Å². The molecule has 2 rings (SSSR count). The first-order valence-corrected chi connectivity index (χ1v) is 5.56. The van der Waals surface area contributed by atoms with Crippen molar-refractivity contribution < 1.29 is 4.79 Å². The molecule has 0 aliphatic heterocycles. The van der Waals surface area contributed by atoms with E-state index in [4.69, 9.17) is 6.42 Å². The number of aldehydes is 1. The summed E-state index contributed by atoms with van der Waals surface area (Å²) in [7, 11) is 0. The van der Waals surface area contributed by atoms with Crippen LogP contribution in [0.5, 0.6) is 0 Å². The van der Waals surface area contributed by atoms with Gasteiger partial charge < -0.3 is 0 Å². The number of nitrogens with zero attached hydrogens (tertiary/aromatic N) is 1. The molecule has 0 atom stereocenters. The predicted molar refractivity (Wildman–Crippen MR) is 68.9 cm³/mol. The predicted octanol–water partition coefficient (Wildman–Crippen LogP) is 1.54. The van der Waals surface area contributed by atoms with E-state index in [1.165, 1.54) is 4.68 Å². The highest BCUT2D eigenvalue weighted by Crippen LogP contribution is 2.07. The molecular formula is C14H12N2O2. The van der Waals surface area contributed by atoms with Crippen molar-refractivity contribution >= 4 is 6.29 Å². The Hall–Kier alpha value is -2.54. The molecule has 1 N–H and O–H groups in total. The quantitative estimate of drug-likeness (QED) is 0.651. The van der Waals surface area contributed by atoms with Crippen LogP contribution in [-0.4, -0.2) is 16.1 Å². The summed E-state index contributed by atoms with van der Waals surface area (Å²) in [4.78, 5) is 23.0. The van der Waals surface area contributed by atoms with Crippen molar-refractivity contribution in [3.05, 3.63) is 51.9 Å². The van der Waals surface area contributed by atoms with Crippen LogP contribution in [0.25, 0.3) is 5.69 Å². The number of benzene rings is 1. The van der Waals surface area contributed by atoms with Crippen LogP contribution in [0.3, 0.4) is 0 Å². The minimum atomic E-state index is -0.344. The maximum atomic E-state index is 12.0. The van der Waals surface area contributed by atoms with Crippen LogP contribution in [-0.2, 0) is 6.42 Å². The summed E-state index contributed by atoms with van der Waals surface area (Å²) in [6, 6.07) is 9.08. The monoisotopic (exact) mass is 240 g/mol. The van der Waals surface area contributed by atoms with Crippen molar-refractivity contribution in [2.45, 2.75) is 12.8 Å². The molecule has 0 spiro atoms. The summed E-state index contributed by atoms with van der Waals surface area (Å²) < 4.78 is 1.36. The number of aryl methyl sites for hydroxylation is 1. The number of carbonyl (C=O) groups is 1. The number of H-pyrrole nitrogens is 1. The molecule has 0 fully saturated rings. The first-order valence-electron chi connectivity index (χ1n) is 5.56. The molecule has 0 bridgehead atoms. The van der Waals surface area contributed by atoms with Gasteiger partial charge in [-0.2, -0.15) is 0 Å². The molecule has 0 aliphatic rings. The van der Waals surface area contributed by atoms with E-state index >= 15 is 0 Å². The average Bonchev–Trinajstić information content (AvgIpc) is 2.73. The van der Waals surface area contributed by atoms with Gasteiger partial charge in [0, 0.05) is 18.5 Å². The van der Waals surface area contributed by atoms with Gasteiger partial charge in [-0.1, -0.05) is 18.2 Å². The lowest BCUT2D eigenvalue weighted by Gasteiger charge is -2.00. The van der Waals surface area contributed by atoms with Crippen molar-refractivity contribution in [2.24, 2.45) is 0 Å². The minimum Gasteiger partial charge on any atom is -0.298 e. The Bertz CT molecular complexity index is 645. The number of terminal acetylenes is 1. The average molecular weight is 240 g/mol. The van der Waals surface area contributed by atoms with Gasteiger partial charge in [-0.25, -0.2) is 4.68 Å². The summed E-state index contributed by atoms with van der Waals surface area (Å²) in [5, 5.41) is 2.93. The number of aromatic amines is 1. The summed E-state index contributed by atoms with van der Waals surface area (Å²) in [6.07, 6.45) is 6.73. The van der Waals surface area contributed by atoms with Crippen LogP contribution in [0.15, 0.2) is 35.1 Å². The standard InChI is InChI=1S/C14H12N2O2/c1-2-3-9-13-12(10-17)14(18)16(15-13)11-7-5-4-6-8-11/h1,4-8,10,15H,3,9H2. The zero-order chi connectivity index (χ0) is 13.0. The number of carbonyl (C=O) groups excluding carboxylic acids is 1. The highest BCUT2D eigenvalue weighted by molar-refractivity contribution is 5.76. The molecular weight excluding hydrogens is 228 g/mol. The highest BCUT2D eigenvalue weighted by atomic mass is 16.1. The molecule has 1 aromatic heterocycles. The molecule has 4 heteroatoms. The molecule has 1 heterocycles. The van der Waals surface area contributed by atoms with Gasteiger partial charge in [0.25, 0.3) is 5.56 Å². The molecule has 0 radical (unpaired) electrons. The number of para-hydroxylation sites is 1. The van der Waals surface area contributed by atoms with Gasteiger partial charge in [0.15, 0.2) is 6.29 Å². The number of nitrogens with one attached hydrogen (secondary N) is 1. The second-order valence-electron chi connectivity index (χ2n) is 3.80. The van der Waals surface area contributed by atoms with Crippen molar-refractivity contribution in [2.75, 3.05) is 0 Å². The maximum Gasteiger partial charge on any atom is 0.282 e. The van der Waals surface area contributed by atoms with Gasteiger partial charge >= 0.3 is 0 Å². The van der Waals surface area contributed by atoms with Gasteiger partial charge in [0.2, 0.25) is 0 Å². The summed E-state index contributed by atoms with van der Waals surface area (Å²) in [5.74, 6) is 2.49. The smallest absolute Gasteiger partial charge is 0.282 e. The van der Waals surface area contributed by atoms with E-state index < -0.39 is 0 Å². The fourth-order valence-electron chi connectivity index (χ4n) is 1.76. The molecule has 0 saturated heterocycles. The third kappa shape index (κ3) is 2.11.